The van der Waals surface area contributed by atoms with Crippen LogP contribution in [0.25, 0.3) is 0 Å². The zero-order chi connectivity index (χ0) is 11.5. The molecule has 0 saturated heterocycles. The summed E-state index contributed by atoms with van der Waals surface area (Å²) in [5.41, 5.74) is 8.01. The van der Waals surface area contributed by atoms with Gasteiger partial charge in [-0.2, -0.15) is 0 Å². The number of thiocarbonyl (C=S) groups is 1. The van der Waals surface area contributed by atoms with Gasteiger partial charge in [-0.05, 0) is 37.9 Å². The highest BCUT2D eigenvalue weighted by Crippen LogP contribution is 2.31. The lowest BCUT2D eigenvalue weighted by molar-refractivity contribution is 0.413. The van der Waals surface area contributed by atoms with E-state index in [-0.39, 0.29) is 0 Å². The van der Waals surface area contributed by atoms with Gasteiger partial charge in [0, 0.05) is 12.1 Å². The maximum absolute atomic E-state index is 5.73. The van der Waals surface area contributed by atoms with Gasteiger partial charge in [0.15, 0.2) is 5.11 Å². The van der Waals surface area contributed by atoms with Gasteiger partial charge in [0.05, 0.1) is 5.69 Å². The van der Waals surface area contributed by atoms with Crippen LogP contribution in [0.4, 0.5) is 5.88 Å². The quantitative estimate of drug-likeness (QED) is 0.815. The molecule has 0 aliphatic heterocycles. The number of anilines is 1. The molecule has 1 aliphatic rings. The van der Waals surface area contributed by atoms with Gasteiger partial charge in [0.2, 0.25) is 5.88 Å². The Kier molecular flexibility index (Phi) is 3.43. The highest BCUT2D eigenvalue weighted by atomic mass is 32.1. The van der Waals surface area contributed by atoms with Crippen LogP contribution in [0.2, 0.25) is 0 Å². The zero-order valence-corrected chi connectivity index (χ0v) is 10.3. The minimum absolute atomic E-state index is 0.374. The molecule has 0 spiro atoms. The van der Waals surface area contributed by atoms with Gasteiger partial charge in [0.1, 0.15) is 0 Å². The number of aryl methyl sites for hydroxylation is 1. The Balaban J connectivity index is 2.21. The summed E-state index contributed by atoms with van der Waals surface area (Å²) in [4.78, 5) is 1.87. The van der Waals surface area contributed by atoms with Crippen molar-refractivity contribution in [2.45, 2.75) is 39.0 Å². The van der Waals surface area contributed by atoms with Crippen LogP contribution in [0.3, 0.4) is 0 Å². The largest absolute Gasteiger partial charge is 0.376 e. The van der Waals surface area contributed by atoms with Crippen molar-refractivity contribution in [3.63, 3.8) is 0 Å². The zero-order valence-electron chi connectivity index (χ0n) is 9.53. The lowest BCUT2D eigenvalue weighted by atomic mass is 10.2. The second-order valence-corrected chi connectivity index (χ2v) is 4.53. The number of nitrogens with zero attached hydrogens (tertiary/aromatic N) is 2. The fourth-order valence-corrected chi connectivity index (χ4v) is 2.23. The van der Waals surface area contributed by atoms with E-state index in [9.17, 15) is 0 Å². The first kappa shape index (κ1) is 11.4. The average Bonchev–Trinajstić information content (AvgIpc) is 2.81. The third-order valence-electron chi connectivity index (χ3n) is 2.94. The molecule has 0 aromatic carbocycles. The van der Waals surface area contributed by atoms with Crippen LogP contribution < -0.4 is 10.6 Å². The molecule has 0 unspecified atom stereocenters. The highest BCUT2D eigenvalue weighted by Gasteiger charge is 2.25. The lowest BCUT2D eigenvalue weighted by Gasteiger charge is -2.19. The first-order valence-corrected chi connectivity index (χ1v) is 6.19. The maximum atomic E-state index is 5.73. The van der Waals surface area contributed by atoms with Crippen LogP contribution in [0.1, 0.15) is 37.4 Å². The highest BCUT2D eigenvalue weighted by molar-refractivity contribution is 7.80. The number of hydrogen-bond acceptors (Lipinski definition) is 3. The third kappa shape index (κ3) is 2.04. The molecule has 0 radical (unpaired) electrons. The van der Waals surface area contributed by atoms with Crippen molar-refractivity contribution in [3.05, 3.63) is 11.3 Å². The molecule has 88 valence electrons. The van der Waals surface area contributed by atoms with Crippen molar-refractivity contribution in [2.75, 3.05) is 11.4 Å². The van der Waals surface area contributed by atoms with Gasteiger partial charge in [-0.1, -0.05) is 18.5 Å². The first-order valence-electron chi connectivity index (χ1n) is 5.78. The third-order valence-corrected chi connectivity index (χ3v) is 3.16. The summed E-state index contributed by atoms with van der Waals surface area (Å²) in [6.07, 6.45) is 5.35. The molecule has 0 saturated carbocycles. The molecule has 5 heteroatoms. The average molecular weight is 239 g/mol. The monoisotopic (exact) mass is 239 g/mol. The van der Waals surface area contributed by atoms with Crippen LogP contribution >= 0.6 is 12.2 Å². The fourth-order valence-electron chi connectivity index (χ4n) is 2.05. The molecule has 0 amide bonds. The van der Waals surface area contributed by atoms with Crippen molar-refractivity contribution in [3.8, 4) is 0 Å². The number of nitrogens with two attached hydrogens (primary N) is 1. The second-order valence-electron chi connectivity index (χ2n) is 4.11. The molecule has 0 fully saturated rings. The SMILES string of the molecule is CCCCN(C(N)=S)c1onc2c1CCC2. The maximum Gasteiger partial charge on any atom is 0.236 e. The molecule has 4 nitrogen and oxygen atoms in total. The van der Waals surface area contributed by atoms with E-state index in [1.54, 1.807) is 0 Å². The molecule has 1 aliphatic carbocycles. The van der Waals surface area contributed by atoms with Gasteiger partial charge in [-0.3, -0.25) is 4.90 Å². The first-order chi connectivity index (χ1) is 7.74. The van der Waals surface area contributed by atoms with E-state index in [0.717, 1.165) is 50.2 Å². The Morgan fingerprint density at radius 3 is 3.06 bits per heavy atom. The summed E-state index contributed by atoms with van der Waals surface area (Å²) in [5, 5.41) is 4.45. The minimum atomic E-state index is 0.374. The summed E-state index contributed by atoms with van der Waals surface area (Å²) >= 11 is 5.07. The van der Waals surface area contributed by atoms with Crippen molar-refractivity contribution >= 4 is 23.2 Å². The van der Waals surface area contributed by atoms with Crippen LogP contribution in [0.5, 0.6) is 0 Å². The number of rotatable bonds is 4. The molecular weight excluding hydrogens is 222 g/mol. The van der Waals surface area contributed by atoms with Crippen molar-refractivity contribution in [1.82, 2.24) is 5.16 Å². The van der Waals surface area contributed by atoms with E-state index in [1.807, 2.05) is 4.90 Å². The fraction of sp³-hybridized carbons (Fsp3) is 0.636. The number of hydrogen-bond donors (Lipinski definition) is 1. The number of fused-ring (bicyclic) bond motifs is 1. The predicted molar refractivity (Wildman–Crippen MR) is 67.6 cm³/mol. The normalized spacial score (nSPS) is 13.8. The molecule has 16 heavy (non-hydrogen) atoms. The summed E-state index contributed by atoms with van der Waals surface area (Å²) in [6, 6.07) is 0. The van der Waals surface area contributed by atoms with Gasteiger partial charge < -0.3 is 10.3 Å². The Bertz CT molecular complexity index is 389. The molecule has 0 bridgehead atoms. The van der Waals surface area contributed by atoms with Crippen LogP contribution in [-0.2, 0) is 12.8 Å². The molecule has 1 aromatic heterocycles. The van der Waals surface area contributed by atoms with E-state index in [0.29, 0.717) is 5.11 Å². The van der Waals surface area contributed by atoms with E-state index in [4.69, 9.17) is 22.5 Å². The van der Waals surface area contributed by atoms with Crippen LogP contribution in [0.15, 0.2) is 4.52 Å². The van der Waals surface area contributed by atoms with Gasteiger partial charge >= 0.3 is 0 Å². The van der Waals surface area contributed by atoms with Gasteiger partial charge in [0.25, 0.3) is 0 Å². The summed E-state index contributed by atoms with van der Waals surface area (Å²) < 4.78 is 5.37. The Morgan fingerprint density at radius 1 is 1.56 bits per heavy atom. The molecular formula is C11H17N3OS. The number of unbranched alkanes of at least 4 members (excludes halogenated alkanes) is 1. The van der Waals surface area contributed by atoms with Crippen molar-refractivity contribution < 1.29 is 4.52 Å². The van der Waals surface area contributed by atoms with E-state index in [1.165, 1.54) is 5.56 Å². The second kappa shape index (κ2) is 4.82. The summed E-state index contributed by atoms with van der Waals surface area (Å²) in [7, 11) is 0. The number of aromatic nitrogens is 1. The van der Waals surface area contributed by atoms with E-state index < -0.39 is 0 Å². The van der Waals surface area contributed by atoms with Crippen LogP contribution in [0, 0.1) is 0 Å². The van der Waals surface area contributed by atoms with E-state index in [2.05, 4.69) is 12.1 Å². The Hall–Kier alpha value is -1.10. The molecule has 1 aromatic rings. The predicted octanol–water partition coefficient (Wildman–Crippen LogP) is 2.01. The summed E-state index contributed by atoms with van der Waals surface area (Å²) in [5.74, 6) is 0.772. The van der Waals surface area contributed by atoms with Gasteiger partial charge in [-0.15, -0.1) is 0 Å². The standard InChI is InChI=1S/C11H17N3OS/c1-2-3-7-14(11(12)16)10-8-5-4-6-9(8)13-15-10/h2-7H2,1H3,(H2,12,16). The van der Waals surface area contributed by atoms with Crippen molar-refractivity contribution in [1.29, 1.82) is 0 Å². The molecule has 0 atom stereocenters. The van der Waals surface area contributed by atoms with Crippen LogP contribution in [-0.4, -0.2) is 16.8 Å². The molecule has 2 N–H and O–H groups in total. The minimum Gasteiger partial charge on any atom is -0.376 e. The summed E-state index contributed by atoms with van der Waals surface area (Å²) in [6.45, 7) is 2.95. The molecule has 2 rings (SSSR count). The van der Waals surface area contributed by atoms with E-state index >= 15 is 0 Å². The topological polar surface area (TPSA) is 55.3 Å². The Labute approximate surface area is 101 Å². The van der Waals surface area contributed by atoms with Crippen molar-refractivity contribution in [2.24, 2.45) is 5.73 Å². The molecule has 1 heterocycles. The smallest absolute Gasteiger partial charge is 0.236 e. The Morgan fingerprint density at radius 2 is 2.38 bits per heavy atom. The lowest BCUT2D eigenvalue weighted by Crippen LogP contribution is -2.36. The van der Waals surface area contributed by atoms with Gasteiger partial charge in [-0.25, -0.2) is 0 Å².